The van der Waals surface area contributed by atoms with E-state index in [9.17, 15) is 14.4 Å². The number of fused-ring (bicyclic) bond motifs is 1. The van der Waals surface area contributed by atoms with Crippen molar-refractivity contribution in [2.75, 3.05) is 0 Å². The number of benzene rings is 1. The van der Waals surface area contributed by atoms with Crippen LogP contribution in [0.15, 0.2) is 42.5 Å². The number of hydrogen-bond acceptors (Lipinski definition) is 5. The van der Waals surface area contributed by atoms with Crippen LogP contribution in [0.1, 0.15) is 39.0 Å². The van der Waals surface area contributed by atoms with Gasteiger partial charge in [-0.3, -0.25) is 19.4 Å². The molecule has 0 fully saturated rings. The van der Waals surface area contributed by atoms with Gasteiger partial charge in [-0.05, 0) is 19.1 Å². The normalized spacial score (nSPS) is 15.5. The molecule has 0 bridgehead atoms. The van der Waals surface area contributed by atoms with Gasteiger partial charge in [0, 0.05) is 23.7 Å². The molecule has 0 N–H and O–H groups in total. The van der Waals surface area contributed by atoms with Crippen LogP contribution in [0.3, 0.4) is 0 Å². The molecule has 0 spiro atoms. The molecule has 3 rings (SSSR count). The molecule has 0 saturated carbocycles. The molecule has 0 aliphatic heterocycles. The SMILES string of the molecule is CC(=O)OC1(c2cccc(C)n2)C(=O)c2ccccc2C1=O. The third kappa shape index (κ3) is 1.86. The zero-order valence-corrected chi connectivity index (χ0v) is 12.1. The van der Waals surface area contributed by atoms with E-state index in [1.807, 2.05) is 0 Å². The Morgan fingerprint density at radius 3 is 2.09 bits per heavy atom. The molecule has 0 radical (unpaired) electrons. The van der Waals surface area contributed by atoms with Crippen molar-refractivity contribution in [1.82, 2.24) is 4.98 Å². The zero-order chi connectivity index (χ0) is 15.9. The predicted molar refractivity (Wildman–Crippen MR) is 77.5 cm³/mol. The van der Waals surface area contributed by atoms with Crippen molar-refractivity contribution in [2.24, 2.45) is 0 Å². The summed E-state index contributed by atoms with van der Waals surface area (Å²) >= 11 is 0. The van der Waals surface area contributed by atoms with E-state index in [2.05, 4.69) is 4.98 Å². The summed E-state index contributed by atoms with van der Waals surface area (Å²) in [5, 5.41) is 0. The molecule has 1 aliphatic rings. The van der Waals surface area contributed by atoms with E-state index in [0.717, 1.165) is 0 Å². The predicted octanol–water partition coefficient (Wildman–Crippen LogP) is 2.23. The third-order valence-corrected chi connectivity index (χ3v) is 3.60. The van der Waals surface area contributed by atoms with Crippen LogP contribution in [0.25, 0.3) is 0 Å². The second-order valence-corrected chi connectivity index (χ2v) is 5.14. The fraction of sp³-hybridized carbons (Fsp3) is 0.176. The van der Waals surface area contributed by atoms with Gasteiger partial charge in [0.05, 0.1) is 0 Å². The Bertz CT molecular complexity index is 775. The van der Waals surface area contributed by atoms with Gasteiger partial charge in [-0.15, -0.1) is 0 Å². The summed E-state index contributed by atoms with van der Waals surface area (Å²) in [4.78, 5) is 41.5. The molecule has 0 saturated heterocycles. The fourth-order valence-electron chi connectivity index (χ4n) is 2.69. The van der Waals surface area contributed by atoms with Gasteiger partial charge in [-0.2, -0.15) is 0 Å². The molecule has 110 valence electrons. The van der Waals surface area contributed by atoms with Crippen LogP contribution in [-0.2, 0) is 15.1 Å². The van der Waals surface area contributed by atoms with Crippen molar-refractivity contribution >= 4 is 17.5 Å². The first-order chi connectivity index (χ1) is 10.5. The molecule has 1 heterocycles. The number of ether oxygens (including phenoxy) is 1. The van der Waals surface area contributed by atoms with Gasteiger partial charge < -0.3 is 4.74 Å². The topological polar surface area (TPSA) is 73.3 Å². The maximum atomic E-state index is 12.8. The van der Waals surface area contributed by atoms with Crippen molar-refractivity contribution in [2.45, 2.75) is 19.4 Å². The van der Waals surface area contributed by atoms with E-state index in [-0.39, 0.29) is 16.8 Å². The monoisotopic (exact) mass is 295 g/mol. The molecule has 5 heteroatoms. The van der Waals surface area contributed by atoms with Crippen molar-refractivity contribution in [1.29, 1.82) is 0 Å². The molecule has 1 aliphatic carbocycles. The van der Waals surface area contributed by atoms with E-state index < -0.39 is 23.1 Å². The molecule has 5 nitrogen and oxygen atoms in total. The number of aromatic nitrogens is 1. The van der Waals surface area contributed by atoms with Crippen LogP contribution in [0.2, 0.25) is 0 Å². The lowest BCUT2D eigenvalue weighted by molar-refractivity contribution is -0.149. The minimum Gasteiger partial charge on any atom is -0.435 e. The maximum absolute atomic E-state index is 12.8. The molecule has 1 aromatic carbocycles. The van der Waals surface area contributed by atoms with Crippen molar-refractivity contribution in [3.8, 4) is 0 Å². The summed E-state index contributed by atoms with van der Waals surface area (Å²) < 4.78 is 5.25. The first-order valence-electron chi connectivity index (χ1n) is 6.79. The number of hydrogen-bond donors (Lipinski definition) is 0. The standard InChI is InChI=1S/C17H13NO4/c1-10-6-5-9-14(18-10)17(22-11(2)19)15(20)12-7-3-4-8-13(12)16(17)21/h3-9H,1-2H3. The second-order valence-electron chi connectivity index (χ2n) is 5.14. The van der Waals surface area contributed by atoms with Crippen molar-refractivity contribution in [3.63, 3.8) is 0 Å². The number of pyridine rings is 1. The molecular formula is C17H13NO4. The summed E-state index contributed by atoms with van der Waals surface area (Å²) in [7, 11) is 0. The Hall–Kier alpha value is -2.82. The number of Topliss-reactive ketones (excluding diaryl/α,β-unsaturated/α-hetero) is 2. The summed E-state index contributed by atoms with van der Waals surface area (Å²) in [5.74, 6) is -1.82. The lowest BCUT2D eigenvalue weighted by Gasteiger charge is -2.25. The lowest BCUT2D eigenvalue weighted by Crippen LogP contribution is -2.43. The average molecular weight is 295 g/mol. The number of nitrogens with zero attached hydrogens (tertiary/aromatic N) is 1. The Kier molecular flexibility index (Phi) is 3.13. The number of carbonyl (C=O) groups excluding carboxylic acids is 3. The van der Waals surface area contributed by atoms with E-state index in [1.165, 1.54) is 13.0 Å². The molecule has 22 heavy (non-hydrogen) atoms. The van der Waals surface area contributed by atoms with Gasteiger partial charge in [-0.1, -0.05) is 30.3 Å². The van der Waals surface area contributed by atoms with E-state index in [4.69, 9.17) is 4.74 Å². The number of ketones is 2. The van der Waals surface area contributed by atoms with Gasteiger partial charge in [0.1, 0.15) is 5.69 Å². The fourth-order valence-corrected chi connectivity index (χ4v) is 2.69. The first kappa shape index (κ1) is 14.1. The molecule has 0 atom stereocenters. The minimum atomic E-state index is -2.01. The molecular weight excluding hydrogens is 282 g/mol. The summed E-state index contributed by atoms with van der Waals surface area (Å²) in [6.07, 6.45) is 0. The van der Waals surface area contributed by atoms with Crippen LogP contribution >= 0.6 is 0 Å². The summed E-state index contributed by atoms with van der Waals surface area (Å²) in [6.45, 7) is 2.91. The number of esters is 1. The zero-order valence-electron chi connectivity index (χ0n) is 12.1. The smallest absolute Gasteiger partial charge is 0.304 e. The van der Waals surface area contributed by atoms with Crippen LogP contribution in [0.4, 0.5) is 0 Å². The summed E-state index contributed by atoms with van der Waals surface area (Å²) in [6, 6.07) is 11.4. The number of rotatable bonds is 2. The highest BCUT2D eigenvalue weighted by atomic mass is 16.6. The van der Waals surface area contributed by atoms with E-state index in [1.54, 1.807) is 43.3 Å². The quantitative estimate of drug-likeness (QED) is 0.627. The highest BCUT2D eigenvalue weighted by molar-refractivity contribution is 6.32. The number of aryl methyl sites for hydroxylation is 1. The summed E-state index contributed by atoms with van der Waals surface area (Å²) in [5.41, 5.74) is -0.759. The van der Waals surface area contributed by atoms with Gasteiger partial charge in [0.25, 0.3) is 5.60 Å². The lowest BCUT2D eigenvalue weighted by atomic mass is 9.92. The average Bonchev–Trinajstić information content (AvgIpc) is 2.70. The minimum absolute atomic E-state index is 0.133. The van der Waals surface area contributed by atoms with Gasteiger partial charge in [0.15, 0.2) is 0 Å². The van der Waals surface area contributed by atoms with Crippen LogP contribution in [-0.4, -0.2) is 22.5 Å². The van der Waals surface area contributed by atoms with Crippen molar-refractivity contribution < 1.29 is 19.1 Å². The Morgan fingerprint density at radius 2 is 1.59 bits per heavy atom. The van der Waals surface area contributed by atoms with Gasteiger partial charge in [-0.25, -0.2) is 0 Å². The Balaban J connectivity index is 2.28. The highest BCUT2D eigenvalue weighted by Crippen LogP contribution is 2.40. The largest absolute Gasteiger partial charge is 0.435 e. The number of carbonyl (C=O) groups is 3. The Morgan fingerprint density at radius 1 is 1.00 bits per heavy atom. The molecule has 0 unspecified atom stereocenters. The maximum Gasteiger partial charge on any atom is 0.304 e. The van der Waals surface area contributed by atoms with E-state index >= 15 is 0 Å². The molecule has 1 aromatic heterocycles. The third-order valence-electron chi connectivity index (χ3n) is 3.60. The second kappa shape index (κ2) is 4.87. The van der Waals surface area contributed by atoms with Crippen LogP contribution in [0, 0.1) is 6.92 Å². The first-order valence-corrected chi connectivity index (χ1v) is 6.79. The Labute approximate surface area is 126 Å². The van der Waals surface area contributed by atoms with Crippen LogP contribution < -0.4 is 0 Å². The van der Waals surface area contributed by atoms with E-state index in [0.29, 0.717) is 5.69 Å². The van der Waals surface area contributed by atoms with Gasteiger partial charge >= 0.3 is 5.97 Å². The van der Waals surface area contributed by atoms with Gasteiger partial charge in [0.2, 0.25) is 11.6 Å². The van der Waals surface area contributed by atoms with Crippen LogP contribution in [0.5, 0.6) is 0 Å². The molecule has 2 aromatic rings. The highest BCUT2D eigenvalue weighted by Gasteiger charge is 2.58. The molecule has 0 amide bonds. The van der Waals surface area contributed by atoms with Crippen molar-refractivity contribution in [3.05, 3.63) is 65.0 Å².